The van der Waals surface area contributed by atoms with Gasteiger partial charge in [0.05, 0.1) is 11.3 Å². The Balaban J connectivity index is 1.68. The molecule has 0 saturated heterocycles. The Morgan fingerprint density at radius 2 is 1.89 bits per heavy atom. The van der Waals surface area contributed by atoms with E-state index < -0.39 is 52.0 Å². The summed E-state index contributed by atoms with van der Waals surface area (Å²) >= 11 is 0. The van der Waals surface area contributed by atoms with Crippen LogP contribution in [0.4, 0.5) is 0 Å². The Kier molecular flexibility index (Phi) is 4.92. The fourth-order valence-corrected chi connectivity index (χ4v) is 5.63. The molecular formula is C25H25N3O7. The zero-order valence-electron chi connectivity index (χ0n) is 19.1. The lowest BCUT2D eigenvalue weighted by atomic mass is 9.59. The van der Waals surface area contributed by atoms with Crippen LogP contribution in [0.3, 0.4) is 0 Å². The molecule has 10 nitrogen and oxygen atoms in total. The van der Waals surface area contributed by atoms with Crippen LogP contribution in [0.25, 0.3) is 17.0 Å². The van der Waals surface area contributed by atoms with Crippen LogP contribution >= 0.6 is 0 Å². The zero-order chi connectivity index (χ0) is 25.4. The van der Waals surface area contributed by atoms with Gasteiger partial charge in [-0.25, -0.2) is 0 Å². The Morgan fingerprint density at radius 3 is 2.51 bits per heavy atom. The molecule has 3 aliphatic carbocycles. The molecule has 0 radical (unpaired) electrons. The molecule has 0 spiro atoms. The number of primary amides is 1. The molecule has 0 unspecified atom stereocenters. The average molecular weight is 479 g/mol. The van der Waals surface area contributed by atoms with E-state index in [1.165, 1.54) is 6.07 Å². The molecule has 1 saturated carbocycles. The monoisotopic (exact) mass is 479 g/mol. The minimum Gasteiger partial charge on any atom is -0.508 e. The van der Waals surface area contributed by atoms with Crippen LogP contribution in [0, 0.1) is 11.8 Å². The highest BCUT2D eigenvalue weighted by molar-refractivity contribution is 6.22. The number of phenolic OH excluding ortho intramolecular Hbond substituents is 1. The second kappa shape index (κ2) is 7.54. The molecule has 1 aromatic carbocycles. The highest BCUT2D eigenvalue weighted by Gasteiger charge is 2.60. The Bertz CT molecular complexity index is 1380. The number of aliphatic hydroxyl groups is 3. The molecule has 0 bridgehead atoms. The smallest absolute Gasteiger partial charge is 0.255 e. The lowest BCUT2D eigenvalue weighted by molar-refractivity contribution is -0.147. The number of hydrogen-bond acceptors (Lipinski definition) is 8. The highest BCUT2D eigenvalue weighted by atomic mass is 16.3. The second-order valence-electron chi connectivity index (χ2n) is 9.67. The lowest BCUT2D eigenvalue weighted by Gasteiger charge is -2.46. The van der Waals surface area contributed by atoms with Gasteiger partial charge in [0.2, 0.25) is 5.78 Å². The number of ketones is 2. The van der Waals surface area contributed by atoms with Gasteiger partial charge in [0.15, 0.2) is 11.4 Å². The molecule has 1 heterocycles. The van der Waals surface area contributed by atoms with E-state index in [1.54, 1.807) is 10.7 Å². The summed E-state index contributed by atoms with van der Waals surface area (Å²) in [5.74, 6) is -6.46. The summed E-state index contributed by atoms with van der Waals surface area (Å²) in [5.41, 5.74) is 3.60. The van der Waals surface area contributed by atoms with Gasteiger partial charge in [-0.05, 0) is 56.4 Å². The minimum atomic E-state index is -2.57. The topological polar surface area (TPSA) is 176 Å². The average Bonchev–Trinajstić information content (AvgIpc) is 3.26. The number of aromatic hydroxyl groups is 1. The standard InChI is InChI=1S/C25H25N3O7/c1-10(2)28-6-5-15(27-28)13-3-4-16(29)19-14(13)8-11-7-12-9-17(30)20(24(26)34)23(33)25(12,35)22(32)18(11)21(19)31/h3-6,10-12,29,31,33,35H,7-9H2,1-2H3,(H2,26,34)/t11-,12+,25+/m1/s1. The first-order chi connectivity index (χ1) is 16.5. The van der Waals surface area contributed by atoms with Gasteiger partial charge in [-0.3, -0.25) is 19.1 Å². The van der Waals surface area contributed by atoms with Crippen LogP contribution in [-0.2, 0) is 20.8 Å². The summed E-state index contributed by atoms with van der Waals surface area (Å²) in [7, 11) is 0. The molecule has 35 heavy (non-hydrogen) atoms. The predicted molar refractivity (Wildman–Crippen MR) is 123 cm³/mol. The third-order valence-corrected chi connectivity index (χ3v) is 7.36. The number of carbonyl (C=O) groups is 3. The maximum Gasteiger partial charge on any atom is 0.255 e. The van der Waals surface area contributed by atoms with Crippen molar-refractivity contribution < 1.29 is 34.8 Å². The van der Waals surface area contributed by atoms with E-state index in [2.05, 4.69) is 5.10 Å². The summed E-state index contributed by atoms with van der Waals surface area (Å²) in [6.07, 6.45) is 1.78. The molecule has 10 heteroatoms. The van der Waals surface area contributed by atoms with Crippen LogP contribution in [0.5, 0.6) is 5.75 Å². The third kappa shape index (κ3) is 3.06. The minimum absolute atomic E-state index is 0.0497. The first-order valence-corrected chi connectivity index (χ1v) is 11.3. The Labute approximate surface area is 200 Å². The molecule has 2 aromatic rings. The van der Waals surface area contributed by atoms with E-state index in [1.807, 2.05) is 26.1 Å². The predicted octanol–water partition coefficient (Wildman–Crippen LogP) is 1.87. The lowest BCUT2D eigenvalue weighted by Crippen LogP contribution is -2.58. The summed E-state index contributed by atoms with van der Waals surface area (Å²) in [4.78, 5) is 37.7. The number of Topliss-reactive ketones (excluding diaryl/α,β-unsaturated/α-hetero) is 2. The zero-order valence-corrected chi connectivity index (χ0v) is 19.1. The van der Waals surface area contributed by atoms with Gasteiger partial charge in [0.1, 0.15) is 22.8 Å². The van der Waals surface area contributed by atoms with Gasteiger partial charge in [0, 0.05) is 35.7 Å². The van der Waals surface area contributed by atoms with E-state index in [9.17, 15) is 34.8 Å². The molecule has 6 N–H and O–H groups in total. The quantitative estimate of drug-likeness (QED) is 0.414. The Morgan fingerprint density at radius 1 is 1.17 bits per heavy atom. The molecule has 0 aliphatic heterocycles. The molecule has 1 fully saturated rings. The number of rotatable bonds is 3. The van der Waals surface area contributed by atoms with Crippen molar-refractivity contribution in [2.24, 2.45) is 17.6 Å². The van der Waals surface area contributed by atoms with Crippen molar-refractivity contribution in [2.45, 2.75) is 44.8 Å². The fraction of sp³-hybridized carbons (Fsp3) is 0.360. The van der Waals surface area contributed by atoms with E-state index in [0.717, 1.165) is 0 Å². The van der Waals surface area contributed by atoms with E-state index >= 15 is 0 Å². The maximum absolute atomic E-state index is 13.5. The van der Waals surface area contributed by atoms with Crippen LogP contribution in [0.15, 0.2) is 41.3 Å². The number of fused-ring (bicyclic) bond motifs is 3. The number of carbonyl (C=O) groups excluding carboxylic acids is 3. The SMILES string of the molecule is CC(C)n1ccc(-c2ccc(O)c3c2C[C@H]2C[C@H]4CC(=O)C(C(N)=O)=C(O)[C@@]4(O)C(=O)C2=C3O)n1. The first kappa shape index (κ1) is 22.9. The number of phenols is 1. The number of benzene rings is 1. The highest BCUT2D eigenvalue weighted by Crippen LogP contribution is 2.52. The molecule has 1 aromatic heterocycles. The molecule has 5 rings (SSSR count). The van der Waals surface area contributed by atoms with Crippen LogP contribution in [-0.4, -0.2) is 53.3 Å². The Hall–Kier alpha value is -3.92. The number of aliphatic hydroxyl groups excluding tert-OH is 2. The van der Waals surface area contributed by atoms with Crippen molar-refractivity contribution in [2.75, 3.05) is 0 Å². The number of amides is 1. The van der Waals surface area contributed by atoms with Gasteiger partial charge in [-0.1, -0.05) is 0 Å². The third-order valence-electron chi connectivity index (χ3n) is 7.36. The number of nitrogens with zero attached hydrogens (tertiary/aromatic N) is 2. The van der Waals surface area contributed by atoms with Crippen molar-refractivity contribution in [1.82, 2.24) is 9.78 Å². The largest absolute Gasteiger partial charge is 0.508 e. The maximum atomic E-state index is 13.5. The van der Waals surface area contributed by atoms with Crippen LogP contribution in [0.1, 0.15) is 43.9 Å². The van der Waals surface area contributed by atoms with E-state index in [4.69, 9.17) is 5.73 Å². The van der Waals surface area contributed by atoms with E-state index in [0.29, 0.717) is 16.8 Å². The number of aromatic nitrogens is 2. The first-order valence-electron chi connectivity index (χ1n) is 11.3. The van der Waals surface area contributed by atoms with Crippen molar-refractivity contribution in [1.29, 1.82) is 0 Å². The van der Waals surface area contributed by atoms with Gasteiger partial charge in [0.25, 0.3) is 5.91 Å². The summed E-state index contributed by atoms with van der Waals surface area (Å²) in [6.45, 7) is 3.97. The number of hydrogen-bond donors (Lipinski definition) is 5. The van der Waals surface area contributed by atoms with Crippen molar-refractivity contribution in [3.05, 3.63) is 52.4 Å². The normalized spacial score (nSPS) is 26.1. The second-order valence-corrected chi connectivity index (χ2v) is 9.67. The van der Waals surface area contributed by atoms with Crippen molar-refractivity contribution in [3.63, 3.8) is 0 Å². The molecule has 3 aliphatic rings. The van der Waals surface area contributed by atoms with Crippen molar-refractivity contribution >= 4 is 23.2 Å². The van der Waals surface area contributed by atoms with Crippen LogP contribution in [0.2, 0.25) is 0 Å². The molecule has 3 atom stereocenters. The summed E-state index contributed by atoms with van der Waals surface area (Å²) in [6, 6.07) is 5.03. The molecule has 1 amide bonds. The fourth-order valence-electron chi connectivity index (χ4n) is 5.63. The van der Waals surface area contributed by atoms with Crippen molar-refractivity contribution in [3.8, 4) is 17.0 Å². The van der Waals surface area contributed by atoms with Gasteiger partial charge in [-0.15, -0.1) is 0 Å². The van der Waals surface area contributed by atoms with Gasteiger partial charge in [-0.2, -0.15) is 5.10 Å². The number of nitrogens with two attached hydrogens (primary N) is 1. The molecule has 182 valence electrons. The van der Waals surface area contributed by atoms with Gasteiger partial charge >= 0.3 is 0 Å². The van der Waals surface area contributed by atoms with Gasteiger partial charge < -0.3 is 26.2 Å². The van der Waals surface area contributed by atoms with E-state index in [-0.39, 0.29) is 42.2 Å². The van der Waals surface area contributed by atoms with Crippen LogP contribution < -0.4 is 5.73 Å². The molecular weight excluding hydrogens is 454 g/mol. The summed E-state index contributed by atoms with van der Waals surface area (Å²) in [5, 5.41) is 48.3. The summed E-state index contributed by atoms with van der Waals surface area (Å²) < 4.78 is 1.78.